The molecule has 0 radical (unpaired) electrons. The molecule has 0 bridgehead atoms. The smallest absolute Gasteiger partial charge is 0.274 e. The molecule has 1 aromatic carbocycles. The van der Waals surface area contributed by atoms with Crippen LogP contribution in [-0.2, 0) is 11.2 Å². The first-order valence-electron chi connectivity index (χ1n) is 9.57. The van der Waals surface area contributed by atoms with Crippen LogP contribution < -0.4 is 4.74 Å². The van der Waals surface area contributed by atoms with Gasteiger partial charge in [0.05, 0.1) is 13.2 Å². The zero-order chi connectivity index (χ0) is 19.3. The van der Waals surface area contributed by atoms with Crippen molar-refractivity contribution in [1.29, 1.82) is 0 Å². The Labute approximate surface area is 163 Å². The van der Waals surface area contributed by atoms with E-state index in [4.69, 9.17) is 9.47 Å². The van der Waals surface area contributed by atoms with Crippen molar-refractivity contribution in [3.05, 3.63) is 60.0 Å². The lowest BCUT2D eigenvalue weighted by molar-refractivity contribution is 0.0524. The molecule has 0 aliphatic carbocycles. The van der Waals surface area contributed by atoms with Gasteiger partial charge in [-0.05, 0) is 43.0 Å². The van der Waals surface area contributed by atoms with Gasteiger partial charge < -0.3 is 14.4 Å². The van der Waals surface area contributed by atoms with Gasteiger partial charge in [0.15, 0.2) is 11.3 Å². The molecule has 3 aromatic rings. The van der Waals surface area contributed by atoms with Crippen molar-refractivity contribution in [3.63, 3.8) is 0 Å². The maximum absolute atomic E-state index is 13.2. The number of rotatable bonds is 7. The van der Waals surface area contributed by atoms with Crippen LogP contribution >= 0.6 is 0 Å². The number of amides is 1. The Kier molecular flexibility index (Phi) is 5.53. The van der Waals surface area contributed by atoms with Gasteiger partial charge in [-0.15, -0.1) is 0 Å². The zero-order valence-corrected chi connectivity index (χ0v) is 16.0. The summed E-state index contributed by atoms with van der Waals surface area (Å²) in [5, 5.41) is 4.39. The first kappa shape index (κ1) is 18.4. The Balaban J connectivity index is 1.50. The van der Waals surface area contributed by atoms with Crippen molar-refractivity contribution in [2.45, 2.75) is 25.4 Å². The maximum atomic E-state index is 13.2. The summed E-state index contributed by atoms with van der Waals surface area (Å²) < 4.78 is 12.6. The summed E-state index contributed by atoms with van der Waals surface area (Å²) in [6.45, 7) is 1.95. The molecule has 7 nitrogen and oxygen atoms in total. The molecule has 1 saturated heterocycles. The van der Waals surface area contributed by atoms with Gasteiger partial charge in [-0.1, -0.05) is 12.1 Å². The van der Waals surface area contributed by atoms with Crippen LogP contribution in [0.15, 0.2) is 48.8 Å². The average molecular weight is 380 g/mol. The number of benzene rings is 1. The van der Waals surface area contributed by atoms with Crippen molar-refractivity contribution in [3.8, 4) is 5.75 Å². The molecule has 28 heavy (non-hydrogen) atoms. The molecule has 1 atom stereocenters. The van der Waals surface area contributed by atoms with Gasteiger partial charge in [0.1, 0.15) is 5.75 Å². The highest BCUT2D eigenvalue weighted by Gasteiger charge is 2.25. The van der Waals surface area contributed by atoms with E-state index >= 15 is 0 Å². The van der Waals surface area contributed by atoms with Crippen molar-refractivity contribution < 1.29 is 14.3 Å². The van der Waals surface area contributed by atoms with E-state index < -0.39 is 0 Å². The highest BCUT2D eigenvalue weighted by molar-refractivity contribution is 5.93. The first-order valence-corrected chi connectivity index (χ1v) is 9.57. The minimum absolute atomic E-state index is 0.0884. The molecular weight excluding hydrogens is 356 g/mol. The molecule has 7 heteroatoms. The van der Waals surface area contributed by atoms with Gasteiger partial charge in [-0.25, -0.2) is 9.50 Å². The van der Waals surface area contributed by atoms with Crippen LogP contribution in [0.1, 0.15) is 28.9 Å². The number of carbonyl (C=O) groups is 1. The van der Waals surface area contributed by atoms with E-state index in [1.807, 2.05) is 29.2 Å². The standard InChI is InChI=1S/C21H24N4O3/c1-27-17-7-5-16(6-8-17)9-12-24(15-18-4-2-13-28-18)21(26)19-14-20-22-10-3-11-25(20)23-19/h3,5-8,10-11,14,18H,2,4,9,12-13,15H2,1H3/t18-/m1/s1. The van der Waals surface area contributed by atoms with E-state index in [1.54, 1.807) is 36.2 Å². The summed E-state index contributed by atoms with van der Waals surface area (Å²) in [5.74, 6) is 0.739. The Bertz CT molecular complexity index is 899. The normalized spacial score (nSPS) is 16.4. The third kappa shape index (κ3) is 4.14. The molecule has 1 aliphatic heterocycles. The molecular formula is C21H24N4O3. The fraction of sp³-hybridized carbons (Fsp3) is 0.381. The molecule has 0 N–H and O–H groups in total. The van der Waals surface area contributed by atoms with Crippen LogP contribution in [0, 0.1) is 0 Å². The molecule has 0 spiro atoms. The summed E-state index contributed by atoms with van der Waals surface area (Å²) in [6, 6.07) is 11.5. The molecule has 4 rings (SSSR count). The molecule has 0 unspecified atom stereocenters. The van der Waals surface area contributed by atoms with Crippen LogP contribution in [0.4, 0.5) is 0 Å². The van der Waals surface area contributed by atoms with Gasteiger partial charge in [0, 0.05) is 38.2 Å². The molecule has 3 heterocycles. The van der Waals surface area contributed by atoms with E-state index in [-0.39, 0.29) is 12.0 Å². The Morgan fingerprint density at radius 1 is 1.36 bits per heavy atom. The van der Waals surface area contributed by atoms with Gasteiger partial charge in [0.2, 0.25) is 0 Å². The van der Waals surface area contributed by atoms with Gasteiger partial charge in [-0.3, -0.25) is 4.79 Å². The van der Waals surface area contributed by atoms with Crippen molar-refractivity contribution in [2.24, 2.45) is 0 Å². The van der Waals surface area contributed by atoms with Crippen LogP contribution in [-0.4, -0.2) is 58.3 Å². The van der Waals surface area contributed by atoms with Gasteiger partial charge in [0.25, 0.3) is 5.91 Å². The Morgan fingerprint density at radius 3 is 2.93 bits per heavy atom. The van der Waals surface area contributed by atoms with Crippen LogP contribution in [0.25, 0.3) is 5.65 Å². The lowest BCUT2D eigenvalue weighted by Gasteiger charge is -2.25. The van der Waals surface area contributed by atoms with E-state index in [9.17, 15) is 4.79 Å². The number of hydrogen-bond donors (Lipinski definition) is 0. The number of aromatic nitrogens is 3. The van der Waals surface area contributed by atoms with E-state index in [1.165, 1.54) is 0 Å². The molecule has 1 amide bonds. The average Bonchev–Trinajstić information content (AvgIpc) is 3.40. The van der Waals surface area contributed by atoms with E-state index in [0.29, 0.717) is 24.4 Å². The Morgan fingerprint density at radius 2 is 2.21 bits per heavy atom. The fourth-order valence-corrected chi connectivity index (χ4v) is 3.46. The second-order valence-electron chi connectivity index (χ2n) is 6.94. The maximum Gasteiger partial charge on any atom is 0.274 e. The number of hydrogen-bond acceptors (Lipinski definition) is 5. The van der Waals surface area contributed by atoms with Gasteiger partial charge in [-0.2, -0.15) is 5.10 Å². The molecule has 1 aliphatic rings. The minimum atomic E-state index is -0.0884. The zero-order valence-electron chi connectivity index (χ0n) is 16.0. The van der Waals surface area contributed by atoms with Crippen LogP contribution in [0.3, 0.4) is 0 Å². The monoisotopic (exact) mass is 380 g/mol. The van der Waals surface area contributed by atoms with Crippen molar-refractivity contribution in [1.82, 2.24) is 19.5 Å². The van der Waals surface area contributed by atoms with Crippen LogP contribution in [0.5, 0.6) is 5.75 Å². The number of carbonyl (C=O) groups excluding carboxylic acids is 1. The fourth-order valence-electron chi connectivity index (χ4n) is 3.46. The quantitative estimate of drug-likeness (QED) is 0.630. The number of methoxy groups -OCH3 is 1. The SMILES string of the molecule is COc1ccc(CCN(C[C@H]2CCCO2)C(=O)c2cc3ncccn3n2)cc1. The molecule has 146 valence electrons. The summed E-state index contributed by atoms with van der Waals surface area (Å²) in [7, 11) is 1.65. The Hall–Kier alpha value is -2.93. The first-order chi connectivity index (χ1) is 13.7. The predicted octanol–water partition coefficient (Wildman–Crippen LogP) is 2.60. The van der Waals surface area contributed by atoms with Gasteiger partial charge >= 0.3 is 0 Å². The number of fused-ring (bicyclic) bond motifs is 1. The van der Waals surface area contributed by atoms with Crippen molar-refractivity contribution in [2.75, 3.05) is 26.8 Å². The predicted molar refractivity (Wildman–Crippen MR) is 105 cm³/mol. The van der Waals surface area contributed by atoms with Crippen molar-refractivity contribution >= 4 is 11.6 Å². The van der Waals surface area contributed by atoms with E-state index in [2.05, 4.69) is 10.1 Å². The van der Waals surface area contributed by atoms with E-state index in [0.717, 1.165) is 37.2 Å². The second kappa shape index (κ2) is 8.39. The number of nitrogens with zero attached hydrogens (tertiary/aromatic N) is 4. The summed E-state index contributed by atoms with van der Waals surface area (Å²) >= 11 is 0. The highest BCUT2D eigenvalue weighted by atomic mass is 16.5. The topological polar surface area (TPSA) is 69.0 Å². The highest BCUT2D eigenvalue weighted by Crippen LogP contribution is 2.17. The number of ether oxygens (including phenoxy) is 2. The third-order valence-corrected chi connectivity index (χ3v) is 5.02. The summed E-state index contributed by atoms with van der Waals surface area (Å²) in [5.41, 5.74) is 2.23. The minimum Gasteiger partial charge on any atom is -0.497 e. The molecule has 2 aromatic heterocycles. The largest absolute Gasteiger partial charge is 0.497 e. The third-order valence-electron chi connectivity index (χ3n) is 5.02. The lowest BCUT2D eigenvalue weighted by atomic mass is 10.1. The second-order valence-corrected chi connectivity index (χ2v) is 6.94. The summed E-state index contributed by atoms with van der Waals surface area (Å²) in [4.78, 5) is 19.3. The lowest BCUT2D eigenvalue weighted by Crippen LogP contribution is -2.39. The molecule has 0 saturated carbocycles. The van der Waals surface area contributed by atoms with Crippen LogP contribution in [0.2, 0.25) is 0 Å². The summed E-state index contributed by atoms with van der Waals surface area (Å²) in [6.07, 6.45) is 6.37. The molecule has 1 fully saturated rings.